The number of methoxy groups -OCH3 is 2. The summed E-state index contributed by atoms with van der Waals surface area (Å²) in [5.41, 5.74) is 4.46. The number of carbonyl (C=O) groups excluding carboxylic acids is 1. The molecule has 0 saturated carbocycles. The van der Waals surface area contributed by atoms with Crippen LogP contribution in [-0.4, -0.2) is 46.9 Å². The van der Waals surface area contributed by atoms with E-state index in [9.17, 15) is 4.79 Å². The molecule has 1 atom stereocenters. The van der Waals surface area contributed by atoms with E-state index >= 15 is 0 Å². The number of likely N-dealkylation sites (tertiary alicyclic amines) is 1. The highest BCUT2D eigenvalue weighted by molar-refractivity contribution is 7.99. The molecule has 1 saturated heterocycles. The number of hydrogen-bond donors (Lipinski definition) is 0. The lowest BCUT2D eigenvalue weighted by molar-refractivity contribution is -0.129. The number of carbonyl (C=O) groups is 1. The smallest absolute Gasteiger partial charge is 0.233 e. The molecule has 0 N–H and O–H groups in total. The Morgan fingerprint density at radius 1 is 1.16 bits per heavy atom. The lowest BCUT2D eigenvalue weighted by Crippen LogP contribution is -2.32. The van der Waals surface area contributed by atoms with Crippen LogP contribution in [0.25, 0.3) is 5.69 Å². The Kier molecular flexibility index (Phi) is 6.74. The zero-order valence-corrected chi connectivity index (χ0v) is 19.8. The molecule has 3 aromatic rings. The summed E-state index contributed by atoms with van der Waals surface area (Å²) in [5, 5.41) is 0.821. The minimum Gasteiger partial charge on any atom is -0.497 e. The monoisotopic (exact) mass is 451 g/mol. The van der Waals surface area contributed by atoms with Crippen molar-refractivity contribution in [2.45, 2.75) is 37.9 Å². The van der Waals surface area contributed by atoms with Gasteiger partial charge in [0.1, 0.15) is 11.5 Å². The van der Waals surface area contributed by atoms with Gasteiger partial charge in [-0.05, 0) is 62.1 Å². The third-order valence-electron chi connectivity index (χ3n) is 5.92. The number of aryl methyl sites for hydroxylation is 2. The van der Waals surface area contributed by atoms with Crippen LogP contribution in [0.5, 0.6) is 11.5 Å². The van der Waals surface area contributed by atoms with Gasteiger partial charge in [-0.1, -0.05) is 23.9 Å². The number of benzene rings is 2. The van der Waals surface area contributed by atoms with E-state index in [4.69, 9.17) is 9.47 Å². The second-order valence-electron chi connectivity index (χ2n) is 8.01. The summed E-state index contributed by atoms with van der Waals surface area (Å²) in [6.07, 6.45) is 5.62. The maximum atomic E-state index is 13.2. The molecule has 2 aromatic carbocycles. The average Bonchev–Trinajstić information content (AvgIpc) is 3.48. The van der Waals surface area contributed by atoms with Gasteiger partial charge >= 0.3 is 0 Å². The topological polar surface area (TPSA) is 56.6 Å². The number of hydrogen-bond acceptors (Lipinski definition) is 5. The van der Waals surface area contributed by atoms with Gasteiger partial charge in [0.25, 0.3) is 0 Å². The molecule has 168 valence electrons. The number of aromatic nitrogens is 2. The Balaban J connectivity index is 1.51. The van der Waals surface area contributed by atoms with Crippen molar-refractivity contribution in [2.24, 2.45) is 0 Å². The lowest BCUT2D eigenvalue weighted by atomic mass is 10.0. The van der Waals surface area contributed by atoms with Crippen LogP contribution in [0.15, 0.2) is 53.9 Å². The first-order valence-corrected chi connectivity index (χ1v) is 11.8. The van der Waals surface area contributed by atoms with Crippen molar-refractivity contribution >= 4 is 17.7 Å². The molecule has 1 aliphatic rings. The van der Waals surface area contributed by atoms with Crippen LogP contribution in [0.3, 0.4) is 0 Å². The van der Waals surface area contributed by atoms with Gasteiger partial charge in [0.05, 0.1) is 31.7 Å². The zero-order valence-electron chi connectivity index (χ0n) is 19.0. The largest absolute Gasteiger partial charge is 0.497 e. The first-order valence-electron chi connectivity index (χ1n) is 10.8. The van der Waals surface area contributed by atoms with Crippen molar-refractivity contribution in [3.8, 4) is 17.2 Å². The van der Waals surface area contributed by atoms with E-state index in [0.29, 0.717) is 5.75 Å². The Hall–Kier alpha value is -2.93. The molecule has 0 bridgehead atoms. The van der Waals surface area contributed by atoms with Crippen LogP contribution in [0.2, 0.25) is 0 Å². The van der Waals surface area contributed by atoms with Crippen molar-refractivity contribution in [3.63, 3.8) is 0 Å². The zero-order chi connectivity index (χ0) is 22.7. The summed E-state index contributed by atoms with van der Waals surface area (Å²) < 4.78 is 13.0. The van der Waals surface area contributed by atoms with E-state index in [1.165, 1.54) is 22.9 Å². The van der Waals surface area contributed by atoms with Gasteiger partial charge in [0, 0.05) is 24.5 Å². The first kappa shape index (κ1) is 22.3. The molecule has 32 heavy (non-hydrogen) atoms. The van der Waals surface area contributed by atoms with Gasteiger partial charge in [0.15, 0.2) is 5.16 Å². The molecule has 0 aliphatic carbocycles. The SMILES string of the molecule is COc1ccc(OC)c(C2CCCN2C(=O)CSc2nccn2-c2cc(C)ccc2C)c1. The molecular weight excluding hydrogens is 422 g/mol. The van der Waals surface area contributed by atoms with Gasteiger partial charge in [0.2, 0.25) is 5.91 Å². The highest BCUT2D eigenvalue weighted by Crippen LogP contribution is 2.39. The Morgan fingerprint density at radius 3 is 2.78 bits per heavy atom. The normalized spacial score (nSPS) is 15.8. The van der Waals surface area contributed by atoms with E-state index < -0.39 is 0 Å². The fraction of sp³-hybridized carbons (Fsp3) is 0.360. The summed E-state index contributed by atoms with van der Waals surface area (Å²) in [4.78, 5) is 19.7. The quantitative estimate of drug-likeness (QED) is 0.475. The van der Waals surface area contributed by atoms with Crippen molar-refractivity contribution in [1.29, 1.82) is 0 Å². The van der Waals surface area contributed by atoms with Crippen molar-refractivity contribution < 1.29 is 14.3 Å². The van der Waals surface area contributed by atoms with E-state index in [-0.39, 0.29) is 11.9 Å². The number of rotatable bonds is 7. The molecule has 1 unspecified atom stereocenters. The van der Waals surface area contributed by atoms with Crippen molar-refractivity contribution in [1.82, 2.24) is 14.5 Å². The molecule has 7 heteroatoms. The first-order chi connectivity index (χ1) is 15.5. The summed E-state index contributed by atoms with van der Waals surface area (Å²) in [6.45, 7) is 4.91. The number of ether oxygens (including phenoxy) is 2. The third-order valence-corrected chi connectivity index (χ3v) is 6.88. The Labute approximate surface area is 193 Å². The Bertz CT molecular complexity index is 1110. The molecule has 1 fully saturated rings. The maximum absolute atomic E-state index is 13.2. The molecule has 1 amide bonds. The van der Waals surface area contributed by atoms with E-state index in [2.05, 4.69) is 41.6 Å². The van der Waals surface area contributed by atoms with E-state index in [0.717, 1.165) is 47.3 Å². The van der Waals surface area contributed by atoms with Crippen LogP contribution < -0.4 is 9.47 Å². The second kappa shape index (κ2) is 9.69. The number of amides is 1. The van der Waals surface area contributed by atoms with E-state index in [1.54, 1.807) is 20.4 Å². The number of thioether (sulfide) groups is 1. The van der Waals surface area contributed by atoms with Gasteiger partial charge in [-0.15, -0.1) is 0 Å². The van der Waals surface area contributed by atoms with Crippen LogP contribution in [-0.2, 0) is 4.79 Å². The van der Waals surface area contributed by atoms with Crippen LogP contribution >= 0.6 is 11.8 Å². The molecule has 0 radical (unpaired) electrons. The molecular formula is C25H29N3O3S. The van der Waals surface area contributed by atoms with Crippen molar-refractivity contribution in [3.05, 3.63) is 65.5 Å². The predicted octanol–water partition coefficient (Wildman–Crippen LogP) is 4.96. The highest BCUT2D eigenvalue weighted by atomic mass is 32.2. The summed E-state index contributed by atoms with van der Waals surface area (Å²) >= 11 is 1.48. The number of imidazole rings is 1. The van der Waals surface area contributed by atoms with Gasteiger partial charge in [-0.25, -0.2) is 4.98 Å². The fourth-order valence-corrected chi connectivity index (χ4v) is 5.11. The molecule has 4 rings (SSSR count). The van der Waals surface area contributed by atoms with Crippen LogP contribution in [0, 0.1) is 13.8 Å². The van der Waals surface area contributed by atoms with Crippen LogP contribution in [0.1, 0.15) is 35.6 Å². The van der Waals surface area contributed by atoms with E-state index in [1.807, 2.05) is 29.3 Å². The van der Waals surface area contributed by atoms with Gasteiger partial charge in [-0.3, -0.25) is 9.36 Å². The van der Waals surface area contributed by atoms with Crippen molar-refractivity contribution in [2.75, 3.05) is 26.5 Å². The number of nitrogens with zero attached hydrogens (tertiary/aromatic N) is 3. The van der Waals surface area contributed by atoms with Gasteiger partial charge in [-0.2, -0.15) is 0 Å². The summed E-state index contributed by atoms with van der Waals surface area (Å²) in [7, 11) is 3.31. The molecule has 2 heterocycles. The third kappa shape index (κ3) is 4.48. The minimum atomic E-state index is -0.00749. The summed E-state index contributed by atoms with van der Waals surface area (Å²) in [6, 6.07) is 12.1. The molecule has 6 nitrogen and oxygen atoms in total. The standard InChI is InChI=1S/C25H29N3O3S/c1-17-7-8-18(2)22(14-17)28-13-11-26-25(28)32-16-24(29)27-12-5-6-21(27)20-15-19(30-3)9-10-23(20)31-4/h7-11,13-15,21H,5-6,12,16H2,1-4H3. The van der Waals surface area contributed by atoms with Crippen LogP contribution in [0.4, 0.5) is 0 Å². The second-order valence-corrected chi connectivity index (χ2v) is 8.95. The Morgan fingerprint density at radius 2 is 2.00 bits per heavy atom. The molecule has 1 aromatic heterocycles. The maximum Gasteiger partial charge on any atom is 0.233 e. The predicted molar refractivity (Wildman–Crippen MR) is 127 cm³/mol. The summed E-state index contributed by atoms with van der Waals surface area (Å²) in [5.74, 6) is 2.00. The average molecular weight is 452 g/mol. The molecule has 1 aliphatic heterocycles. The fourth-order valence-electron chi connectivity index (χ4n) is 4.26. The lowest BCUT2D eigenvalue weighted by Gasteiger charge is -2.26. The highest BCUT2D eigenvalue weighted by Gasteiger charge is 2.32. The minimum absolute atomic E-state index is 0.00749. The molecule has 0 spiro atoms. The van der Waals surface area contributed by atoms with Gasteiger partial charge < -0.3 is 14.4 Å².